The third kappa shape index (κ3) is 5.70. The van der Waals surface area contributed by atoms with Gasteiger partial charge in [-0.25, -0.2) is 4.98 Å². The van der Waals surface area contributed by atoms with E-state index >= 15 is 0 Å². The molecule has 6 nitrogen and oxygen atoms in total. The van der Waals surface area contributed by atoms with Crippen LogP contribution >= 0.6 is 46.3 Å². The number of aromatic nitrogens is 1. The van der Waals surface area contributed by atoms with Gasteiger partial charge in [0.1, 0.15) is 5.69 Å². The molecular weight excluding hydrogens is 453 g/mol. The van der Waals surface area contributed by atoms with E-state index in [0.717, 1.165) is 20.5 Å². The molecule has 1 N–H and O–H groups in total. The second kappa shape index (κ2) is 9.58. The summed E-state index contributed by atoms with van der Waals surface area (Å²) in [5.41, 5.74) is 1.82. The first-order valence-corrected chi connectivity index (χ1v) is 11.0. The lowest BCUT2D eigenvalue weighted by molar-refractivity contribution is -0.383. The number of rotatable bonds is 7. The van der Waals surface area contributed by atoms with Gasteiger partial charge >= 0.3 is 0 Å². The van der Waals surface area contributed by atoms with E-state index in [0.29, 0.717) is 16.5 Å². The summed E-state index contributed by atoms with van der Waals surface area (Å²) >= 11 is 15.1. The van der Waals surface area contributed by atoms with Gasteiger partial charge in [-0.3, -0.25) is 14.9 Å². The number of carbonyl (C=O) groups is 1. The van der Waals surface area contributed by atoms with Crippen LogP contribution in [0.15, 0.2) is 46.8 Å². The molecule has 0 fully saturated rings. The van der Waals surface area contributed by atoms with Crippen molar-refractivity contribution in [1.82, 2.24) is 4.98 Å². The van der Waals surface area contributed by atoms with Crippen molar-refractivity contribution in [3.8, 4) is 0 Å². The topological polar surface area (TPSA) is 85.1 Å². The molecule has 10 heteroatoms. The highest BCUT2D eigenvalue weighted by molar-refractivity contribution is 8.01. The SMILES string of the molecule is Cc1nc(SCC(=O)Nc2ccccc2[N+](=O)[O-])sc1Cc1cc(Cl)ccc1Cl. The van der Waals surface area contributed by atoms with Crippen molar-refractivity contribution in [2.45, 2.75) is 17.7 Å². The monoisotopic (exact) mass is 467 g/mol. The number of aryl methyl sites for hydroxylation is 1. The predicted molar refractivity (Wildman–Crippen MR) is 119 cm³/mol. The second-order valence-corrected chi connectivity index (χ2v) is 9.16. The summed E-state index contributed by atoms with van der Waals surface area (Å²) in [6.45, 7) is 1.90. The number of thioether (sulfide) groups is 1. The van der Waals surface area contributed by atoms with Gasteiger partial charge in [0.15, 0.2) is 4.34 Å². The summed E-state index contributed by atoms with van der Waals surface area (Å²) < 4.78 is 0.744. The van der Waals surface area contributed by atoms with Gasteiger partial charge in [-0.15, -0.1) is 11.3 Å². The van der Waals surface area contributed by atoms with Gasteiger partial charge in [-0.05, 0) is 36.8 Å². The van der Waals surface area contributed by atoms with Crippen molar-refractivity contribution in [2.75, 3.05) is 11.1 Å². The fourth-order valence-corrected chi connectivity index (χ4v) is 4.97. The van der Waals surface area contributed by atoms with E-state index in [4.69, 9.17) is 23.2 Å². The van der Waals surface area contributed by atoms with E-state index in [1.807, 2.05) is 13.0 Å². The van der Waals surface area contributed by atoms with E-state index < -0.39 is 4.92 Å². The lowest BCUT2D eigenvalue weighted by Gasteiger charge is -2.04. The molecule has 0 aliphatic heterocycles. The van der Waals surface area contributed by atoms with Gasteiger partial charge in [0.2, 0.25) is 5.91 Å². The quantitative estimate of drug-likeness (QED) is 0.262. The molecule has 2 aromatic carbocycles. The number of nitrogens with one attached hydrogen (secondary N) is 1. The van der Waals surface area contributed by atoms with E-state index in [-0.39, 0.29) is 23.0 Å². The molecule has 150 valence electrons. The summed E-state index contributed by atoms with van der Waals surface area (Å²) in [4.78, 5) is 28.3. The predicted octanol–water partition coefficient (Wildman–Crippen LogP) is 5.99. The van der Waals surface area contributed by atoms with Crippen LogP contribution < -0.4 is 5.32 Å². The molecule has 1 aromatic heterocycles. The van der Waals surface area contributed by atoms with Crippen LogP contribution in [0, 0.1) is 17.0 Å². The highest BCUT2D eigenvalue weighted by Crippen LogP contribution is 2.32. The number of benzene rings is 2. The zero-order valence-electron chi connectivity index (χ0n) is 15.1. The van der Waals surface area contributed by atoms with E-state index in [2.05, 4.69) is 10.3 Å². The summed E-state index contributed by atoms with van der Waals surface area (Å²) in [7, 11) is 0. The number of nitrogens with zero attached hydrogens (tertiary/aromatic N) is 2. The van der Waals surface area contributed by atoms with Crippen molar-refractivity contribution in [3.63, 3.8) is 0 Å². The number of nitro benzene ring substituents is 1. The smallest absolute Gasteiger partial charge is 0.292 e. The molecule has 0 atom stereocenters. The number of amides is 1. The minimum atomic E-state index is -0.528. The van der Waals surface area contributed by atoms with Crippen LogP contribution in [0.3, 0.4) is 0 Å². The Labute approximate surface area is 185 Å². The number of anilines is 1. The fourth-order valence-electron chi connectivity index (χ4n) is 2.53. The Hall–Kier alpha value is -2.13. The molecule has 0 spiro atoms. The van der Waals surface area contributed by atoms with E-state index in [1.54, 1.807) is 24.3 Å². The van der Waals surface area contributed by atoms with E-state index in [9.17, 15) is 14.9 Å². The zero-order valence-corrected chi connectivity index (χ0v) is 18.3. The third-order valence-corrected chi connectivity index (χ3v) is 6.84. The largest absolute Gasteiger partial charge is 0.320 e. The lowest BCUT2D eigenvalue weighted by atomic mass is 10.1. The Bertz CT molecular complexity index is 1070. The molecule has 1 heterocycles. The fraction of sp³-hybridized carbons (Fsp3) is 0.158. The highest BCUT2D eigenvalue weighted by Gasteiger charge is 2.16. The van der Waals surface area contributed by atoms with Gasteiger partial charge in [0.25, 0.3) is 5.69 Å². The molecule has 0 radical (unpaired) electrons. The summed E-state index contributed by atoms with van der Waals surface area (Å²) in [5, 5.41) is 14.9. The lowest BCUT2D eigenvalue weighted by Crippen LogP contribution is -2.15. The van der Waals surface area contributed by atoms with Crippen molar-refractivity contribution in [3.05, 3.63) is 78.8 Å². The van der Waals surface area contributed by atoms with Crippen molar-refractivity contribution in [2.24, 2.45) is 0 Å². The summed E-state index contributed by atoms with van der Waals surface area (Å²) in [5.74, 6) is -0.243. The third-order valence-electron chi connectivity index (χ3n) is 3.93. The molecule has 1 amide bonds. The van der Waals surface area contributed by atoms with Crippen molar-refractivity contribution in [1.29, 1.82) is 0 Å². The molecule has 0 aliphatic carbocycles. The minimum Gasteiger partial charge on any atom is -0.320 e. The first kappa shape index (κ1) is 21.6. The first-order valence-electron chi connectivity index (χ1n) is 8.40. The molecule has 0 saturated carbocycles. The average molecular weight is 468 g/mol. The van der Waals surface area contributed by atoms with Crippen LogP contribution in [-0.4, -0.2) is 21.6 Å². The molecule has 0 unspecified atom stereocenters. The van der Waals surface area contributed by atoms with E-state index in [1.165, 1.54) is 35.2 Å². The maximum Gasteiger partial charge on any atom is 0.292 e. The standard InChI is InChI=1S/C19H15Cl2N3O3S2/c1-11-17(9-12-8-13(20)6-7-14(12)21)29-19(22-11)28-10-18(25)23-15-4-2-3-5-16(15)24(26)27/h2-8H,9-10H2,1H3,(H,23,25). The summed E-state index contributed by atoms with van der Waals surface area (Å²) in [6.07, 6.45) is 0.603. The number of nitro groups is 1. The molecule has 29 heavy (non-hydrogen) atoms. The molecule has 0 saturated heterocycles. The van der Waals surface area contributed by atoms with Crippen LogP contribution in [0.5, 0.6) is 0 Å². The normalized spacial score (nSPS) is 10.7. The molecule has 3 aromatic rings. The zero-order chi connectivity index (χ0) is 21.0. The highest BCUT2D eigenvalue weighted by atomic mass is 35.5. The van der Waals surface area contributed by atoms with Gasteiger partial charge in [0.05, 0.1) is 16.4 Å². The Morgan fingerprint density at radius 3 is 2.79 bits per heavy atom. The Morgan fingerprint density at radius 2 is 2.03 bits per heavy atom. The molecular formula is C19H15Cl2N3O3S2. The van der Waals surface area contributed by atoms with Crippen LogP contribution in [0.25, 0.3) is 0 Å². The Morgan fingerprint density at radius 1 is 1.28 bits per heavy atom. The maximum absolute atomic E-state index is 12.2. The molecule has 3 rings (SSSR count). The maximum atomic E-state index is 12.2. The average Bonchev–Trinajstić information content (AvgIpc) is 3.03. The number of carbonyl (C=O) groups excluding carboxylic acids is 1. The number of hydrogen-bond acceptors (Lipinski definition) is 6. The van der Waals surface area contributed by atoms with Crippen LogP contribution in [-0.2, 0) is 11.2 Å². The Kier molecular flexibility index (Phi) is 7.13. The van der Waals surface area contributed by atoms with Gasteiger partial charge in [-0.1, -0.05) is 47.1 Å². The summed E-state index contributed by atoms with van der Waals surface area (Å²) in [6, 6.07) is 11.4. The number of thiazole rings is 1. The van der Waals surface area contributed by atoms with Gasteiger partial charge in [0, 0.05) is 27.4 Å². The minimum absolute atomic E-state index is 0.0936. The number of halogens is 2. The van der Waals surface area contributed by atoms with Crippen molar-refractivity contribution >= 4 is 63.6 Å². The van der Waals surface area contributed by atoms with Gasteiger partial charge in [-0.2, -0.15) is 0 Å². The number of para-hydroxylation sites is 2. The van der Waals surface area contributed by atoms with Crippen molar-refractivity contribution < 1.29 is 9.72 Å². The van der Waals surface area contributed by atoms with Gasteiger partial charge < -0.3 is 5.32 Å². The molecule has 0 bridgehead atoms. The first-order chi connectivity index (χ1) is 13.8. The second-order valence-electron chi connectivity index (χ2n) is 6.01. The van der Waals surface area contributed by atoms with Crippen LogP contribution in [0.2, 0.25) is 10.0 Å². The van der Waals surface area contributed by atoms with Crippen LogP contribution in [0.1, 0.15) is 16.1 Å². The molecule has 0 aliphatic rings. The van der Waals surface area contributed by atoms with Crippen LogP contribution in [0.4, 0.5) is 11.4 Å². The number of hydrogen-bond donors (Lipinski definition) is 1. The Balaban J connectivity index is 1.63.